The highest BCUT2D eigenvalue weighted by molar-refractivity contribution is 7.85. The fourth-order valence-electron chi connectivity index (χ4n) is 8.04. The van der Waals surface area contributed by atoms with E-state index in [2.05, 4.69) is 78.2 Å². The Morgan fingerprint density at radius 2 is 1.79 bits per heavy atom. The quantitative estimate of drug-likeness (QED) is 0.0136. The molecule has 76 heavy (non-hydrogen) atoms. The van der Waals surface area contributed by atoms with E-state index in [9.17, 15) is 18.6 Å². The van der Waals surface area contributed by atoms with Crippen molar-refractivity contribution in [3.63, 3.8) is 0 Å². The molecule has 2 aromatic rings. The van der Waals surface area contributed by atoms with Gasteiger partial charge in [-0.3, -0.25) is 14.6 Å². The van der Waals surface area contributed by atoms with Gasteiger partial charge < -0.3 is 45.5 Å². The standard InChI is InChI=1S/C19H27N3O2S.C17H29N3O2S2.C12H23NO2.C7H13NO2.C2H6/c1-8-14(4)18(24-7)11-16(20-10-9-15(5)23-6)17-12-25-19(22-17)21-13(2)3;1-4-18-16(21)19-14(17(2)10-6-5-7-11-17)13-20(3)24(22)15-9-8-12-23-15;1-4-5-6-7-8-9-10(2)11(13-3)12(14)15;1-10-5-7-3-2-4-8(7)6-9;1-2/h8-9,11-13H,1,4,10H2,2-3,5-7H3,(H,21,22);8-9,12,14H,4-7,10-11,13H2,1-3H3,(H2,18,19,21);8-11,13H,4-7H2,1-3H3,(H,14,15);6-7H,2-5H2,1H3;1-2H3/b15-9+,18-11+,20-16?;;9-8-;;/t;14-,24?;;7-;/m.1.0./s1. The summed E-state index contributed by atoms with van der Waals surface area (Å²) in [7, 11) is 7.27. The third-order valence-corrected chi connectivity index (χ3v) is 15.8. The number of unbranched alkanes of at least 4 members (excludes halogenated alkanes) is 3. The first kappa shape index (κ1) is 71.3. The van der Waals surface area contributed by atoms with E-state index in [1.165, 1.54) is 49.9 Å². The van der Waals surface area contributed by atoms with E-state index in [0.29, 0.717) is 55.4 Å². The largest absolute Gasteiger partial charge is 0.502 e. The van der Waals surface area contributed by atoms with Gasteiger partial charge in [-0.2, -0.15) is 0 Å². The van der Waals surface area contributed by atoms with Crippen LogP contribution in [0.15, 0.2) is 92.7 Å². The molecule has 0 aromatic carbocycles. The minimum absolute atomic E-state index is 0.0155. The van der Waals surface area contributed by atoms with E-state index < -0.39 is 23.0 Å². The van der Waals surface area contributed by atoms with Crippen molar-refractivity contribution in [2.24, 2.45) is 16.3 Å². The van der Waals surface area contributed by atoms with Gasteiger partial charge in [-0.25, -0.2) is 18.3 Å². The second-order valence-corrected chi connectivity index (χ2v) is 22.4. The lowest BCUT2D eigenvalue weighted by Gasteiger charge is -2.42. The second-order valence-electron chi connectivity index (χ2n) is 18.8. The summed E-state index contributed by atoms with van der Waals surface area (Å²) in [5, 5.41) is 25.7. The number of allylic oxidation sites excluding steroid dienone is 4. The smallest absolute Gasteiger partial charge is 0.321 e. The van der Waals surface area contributed by atoms with Gasteiger partial charge in [0.05, 0.1) is 44.9 Å². The summed E-state index contributed by atoms with van der Waals surface area (Å²) in [6, 6.07) is 3.83. The molecule has 2 aromatic heterocycles. The zero-order chi connectivity index (χ0) is 57.5. The second kappa shape index (κ2) is 42.4. The van der Waals surface area contributed by atoms with Crippen LogP contribution in [0.1, 0.15) is 139 Å². The van der Waals surface area contributed by atoms with Gasteiger partial charge in [0.2, 0.25) is 6.41 Å². The van der Waals surface area contributed by atoms with Crippen molar-refractivity contribution in [1.82, 2.24) is 30.1 Å². The molecule has 0 radical (unpaired) electrons. The highest BCUT2D eigenvalue weighted by Gasteiger charge is 2.38. The van der Waals surface area contributed by atoms with Crippen molar-refractivity contribution in [3.05, 3.63) is 89.2 Å². The number of carbonyl (C=O) groups excluding carboxylic acids is 2. The number of urea groups is 1. The van der Waals surface area contributed by atoms with Gasteiger partial charge in [0.25, 0.3) is 0 Å². The first-order chi connectivity index (χ1) is 36.4. The molecule has 3 amide bonds. The van der Waals surface area contributed by atoms with Crippen LogP contribution in [-0.2, 0) is 34.8 Å². The normalized spacial score (nSPS) is 16.9. The predicted molar refractivity (Wildman–Crippen MR) is 320 cm³/mol. The van der Waals surface area contributed by atoms with Gasteiger partial charge in [-0.15, -0.1) is 22.7 Å². The number of aliphatic imine (C=N–C) groups is 1. The van der Waals surface area contributed by atoms with Gasteiger partial charge in [0.15, 0.2) is 5.13 Å². The van der Waals surface area contributed by atoms with Crippen LogP contribution in [0, 0.1) is 11.3 Å². The summed E-state index contributed by atoms with van der Waals surface area (Å²) in [5.74, 6) is 0.667. The maximum atomic E-state index is 12.7. The maximum Gasteiger partial charge on any atom is 0.321 e. The molecule has 0 spiro atoms. The number of rotatable bonds is 28. The molecule has 5 N–H and O–H groups in total. The van der Waals surface area contributed by atoms with Gasteiger partial charge in [0.1, 0.15) is 32.7 Å². The van der Waals surface area contributed by atoms with Crippen LogP contribution >= 0.6 is 22.7 Å². The van der Waals surface area contributed by atoms with Crippen LogP contribution in [-0.4, -0.2) is 140 Å². The van der Waals surface area contributed by atoms with Crippen molar-refractivity contribution < 1.29 is 37.9 Å². The fourth-order valence-corrected chi connectivity index (χ4v) is 11.0. The summed E-state index contributed by atoms with van der Waals surface area (Å²) in [6.45, 7) is 29.2. The number of likely N-dealkylation sites (N-methyl/N-ethyl adjacent to an activating group) is 2. The Balaban J connectivity index is 0.00000102. The molecule has 1 aliphatic carbocycles. The van der Waals surface area contributed by atoms with E-state index in [1.807, 2.05) is 92.0 Å². The van der Waals surface area contributed by atoms with Crippen LogP contribution in [0.25, 0.3) is 0 Å². The number of nitrogens with one attached hydrogen (secondary N) is 4. The number of carboxylic acid groups (broad SMARTS) is 1. The first-order valence-electron chi connectivity index (χ1n) is 26.9. The molecule has 3 heterocycles. The van der Waals surface area contributed by atoms with Crippen molar-refractivity contribution in [2.75, 3.05) is 73.5 Å². The molecule has 16 nitrogen and oxygen atoms in total. The van der Waals surface area contributed by atoms with Crippen molar-refractivity contribution >= 4 is 62.9 Å². The number of aromatic nitrogens is 1. The molecule has 1 saturated carbocycles. The molecule has 2 fully saturated rings. The molecule has 3 unspecified atom stereocenters. The topological polar surface area (TPSA) is 196 Å². The number of thiazole rings is 1. The zero-order valence-corrected chi connectivity index (χ0v) is 51.2. The van der Waals surface area contributed by atoms with Crippen LogP contribution in [0.2, 0.25) is 0 Å². The molecule has 5 atom stereocenters. The van der Waals surface area contributed by atoms with Gasteiger partial charge >= 0.3 is 12.0 Å². The summed E-state index contributed by atoms with van der Waals surface area (Å²) >= 11 is 3.05. The number of anilines is 1. The molecule has 432 valence electrons. The van der Waals surface area contributed by atoms with Crippen LogP contribution < -0.4 is 21.3 Å². The van der Waals surface area contributed by atoms with E-state index >= 15 is 0 Å². The molecule has 19 heteroatoms. The average molecular weight is 1120 g/mol. The number of nitrogens with zero attached hydrogens (tertiary/aromatic N) is 4. The van der Waals surface area contributed by atoms with Crippen molar-refractivity contribution in [2.45, 2.75) is 161 Å². The summed E-state index contributed by atoms with van der Waals surface area (Å²) in [6.07, 6.45) is 23.1. The molecule has 4 rings (SSSR count). The average Bonchev–Trinajstić information content (AvgIpc) is 4.22. The van der Waals surface area contributed by atoms with Crippen molar-refractivity contribution in [3.8, 4) is 0 Å². The number of carbonyl (C=O) groups is 3. The lowest BCUT2D eigenvalue weighted by molar-refractivity contribution is -0.140. The summed E-state index contributed by atoms with van der Waals surface area (Å²) < 4.78 is 30.9. The Kier molecular flexibility index (Phi) is 39.8. The van der Waals surface area contributed by atoms with Gasteiger partial charge in [-0.1, -0.05) is 104 Å². The summed E-state index contributed by atoms with van der Waals surface area (Å²) in [4.78, 5) is 44.3. The van der Waals surface area contributed by atoms with Gasteiger partial charge in [-0.05, 0) is 96.2 Å². The van der Waals surface area contributed by atoms with Crippen molar-refractivity contribution in [1.29, 1.82) is 0 Å². The predicted octanol–water partition coefficient (Wildman–Crippen LogP) is 11.6. The Hall–Kier alpha value is -4.66. The number of carboxylic acids is 1. The maximum absolute atomic E-state index is 12.7. The van der Waals surface area contributed by atoms with Crippen LogP contribution in [0.4, 0.5) is 9.93 Å². The number of likely N-dealkylation sites (tertiary alicyclic amines) is 1. The number of ether oxygens (including phenoxy) is 3. The third-order valence-electron chi connectivity index (χ3n) is 12.5. The number of hydrogen-bond acceptors (Lipinski definition) is 13. The minimum Gasteiger partial charge on any atom is -0.502 e. The third kappa shape index (κ3) is 28.6. The highest BCUT2D eigenvalue weighted by atomic mass is 32.2. The number of methoxy groups -OCH3 is 3. The first-order valence-corrected chi connectivity index (χ1v) is 29.8. The molecule has 0 bridgehead atoms. The number of aliphatic carboxylic acids is 1. The Morgan fingerprint density at radius 1 is 1.09 bits per heavy atom. The Bertz CT molecular complexity index is 2070. The Labute approximate surface area is 469 Å². The van der Waals surface area contributed by atoms with E-state index in [4.69, 9.17) is 19.3 Å². The van der Waals surface area contributed by atoms with E-state index in [-0.39, 0.29) is 23.4 Å². The molecule has 1 aliphatic heterocycles. The Morgan fingerprint density at radius 3 is 2.33 bits per heavy atom. The molecule has 2 aliphatic rings. The zero-order valence-electron chi connectivity index (χ0n) is 48.7. The van der Waals surface area contributed by atoms with Gasteiger partial charge in [0, 0.05) is 68.8 Å². The SMILES string of the molecule is C=CC(=C)/C(=C\C(=NC/C=C(\C)OC)c1csc(NC(C)C)n1)OC.CC.CCCCC/C=C\C(C)C(NC)C(=O)O.CCNC(=O)N[C@H](CN(C)S(=O)c1cccs1)C1(C)CCCCC1.COC[C@@H]1CCCN1C=O. The molecular weight excluding hydrogens is 1020 g/mol. The molecular formula is C57H98N8O8S3. The van der Waals surface area contributed by atoms with Crippen LogP contribution in [0.3, 0.4) is 0 Å². The summed E-state index contributed by atoms with van der Waals surface area (Å²) in [5.41, 5.74) is 2.24. The number of amides is 3. The van der Waals surface area contributed by atoms with Crippen LogP contribution in [0.5, 0.6) is 0 Å². The van der Waals surface area contributed by atoms with E-state index in [1.54, 1.807) is 45.8 Å². The lowest BCUT2D eigenvalue weighted by Crippen LogP contribution is -2.55. The fraction of sp³-hybridized carbons (Fsp3) is 0.632. The molecule has 1 saturated heterocycles. The number of hydrogen-bond donors (Lipinski definition) is 5. The number of thiophene rings is 1. The lowest BCUT2D eigenvalue weighted by atomic mass is 9.70. The van der Waals surface area contributed by atoms with E-state index in [0.717, 1.165) is 65.9 Å². The minimum atomic E-state index is -1.18. The monoisotopic (exact) mass is 1120 g/mol. The highest BCUT2D eigenvalue weighted by Crippen LogP contribution is 2.39.